The Morgan fingerprint density at radius 2 is 1.58 bits per heavy atom. The van der Waals surface area contributed by atoms with Crippen LogP contribution in [0.4, 0.5) is 0 Å². The summed E-state index contributed by atoms with van der Waals surface area (Å²) in [4.78, 5) is 15.0. The minimum atomic E-state index is -3.27. The van der Waals surface area contributed by atoms with Gasteiger partial charge < -0.3 is 4.90 Å². The molecule has 26 heavy (non-hydrogen) atoms. The molecule has 1 heterocycles. The molecule has 0 bridgehead atoms. The van der Waals surface area contributed by atoms with Gasteiger partial charge in [-0.05, 0) is 47.4 Å². The maximum atomic E-state index is 13.0. The first-order chi connectivity index (χ1) is 12.3. The van der Waals surface area contributed by atoms with Gasteiger partial charge in [-0.3, -0.25) is 4.79 Å². The van der Waals surface area contributed by atoms with Crippen LogP contribution in [-0.2, 0) is 14.6 Å². The van der Waals surface area contributed by atoms with Crippen LogP contribution in [0.1, 0.15) is 24.5 Å². The highest BCUT2D eigenvalue weighted by Gasteiger charge is 2.31. The van der Waals surface area contributed by atoms with Gasteiger partial charge in [-0.2, -0.15) is 0 Å². The number of halogens is 1. The van der Waals surface area contributed by atoms with Crippen LogP contribution in [0.15, 0.2) is 53.4 Å². The SMILES string of the molecule is CCCN1CC(c2ccc(Cl)cc2)=C(c2ccc(S(C)(=O)=O)cc2)C1=O. The molecule has 0 aliphatic carbocycles. The number of hydrogen-bond donors (Lipinski definition) is 0. The fourth-order valence-corrected chi connectivity index (χ4v) is 3.89. The lowest BCUT2D eigenvalue weighted by molar-refractivity contribution is -0.123. The predicted molar refractivity (Wildman–Crippen MR) is 105 cm³/mol. The molecule has 0 radical (unpaired) electrons. The Bertz CT molecular complexity index is 961. The number of carbonyl (C=O) groups is 1. The van der Waals surface area contributed by atoms with Crippen LogP contribution in [0.3, 0.4) is 0 Å². The summed E-state index contributed by atoms with van der Waals surface area (Å²) in [7, 11) is -3.27. The number of hydrogen-bond acceptors (Lipinski definition) is 3. The zero-order valence-corrected chi connectivity index (χ0v) is 16.3. The molecule has 6 heteroatoms. The Morgan fingerprint density at radius 3 is 2.12 bits per heavy atom. The molecule has 1 amide bonds. The van der Waals surface area contributed by atoms with Gasteiger partial charge in [-0.25, -0.2) is 8.42 Å². The molecule has 0 saturated heterocycles. The van der Waals surface area contributed by atoms with Gasteiger partial charge in [-0.15, -0.1) is 0 Å². The van der Waals surface area contributed by atoms with E-state index in [9.17, 15) is 13.2 Å². The largest absolute Gasteiger partial charge is 0.334 e. The molecule has 0 aromatic heterocycles. The summed E-state index contributed by atoms with van der Waals surface area (Å²) in [5, 5.41) is 0.642. The Labute approximate surface area is 159 Å². The van der Waals surface area contributed by atoms with Crippen molar-refractivity contribution in [3.05, 3.63) is 64.7 Å². The second-order valence-corrected chi connectivity index (χ2v) is 8.84. The molecular formula is C20H20ClNO3S. The van der Waals surface area contributed by atoms with E-state index in [-0.39, 0.29) is 10.8 Å². The quantitative estimate of drug-likeness (QED) is 0.779. The summed E-state index contributed by atoms with van der Waals surface area (Å²) in [6.45, 7) is 3.26. The summed E-state index contributed by atoms with van der Waals surface area (Å²) in [6, 6.07) is 13.9. The highest BCUT2D eigenvalue weighted by atomic mass is 35.5. The van der Waals surface area contributed by atoms with Gasteiger partial charge in [0, 0.05) is 24.4 Å². The lowest BCUT2D eigenvalue weighted by Gasteiger charge is -2.15. The van der Waals surface area contributed by atoms with Crippen molar-refractivity contribution in [3.8, 4) is 0 Å². The standard InChI is InChI=1S/C20H20ClNO3S/c1-3-12-22-13-18(14-4-8-16(21)9-5-14)19(20(22)23)15-6-10-17(11-7-15)26(2,24)25/h4-11H,3,12-13H2,1-2H3. The summed E-state index contributed by atoms with van der Waals surface area (Å²) in [5.74, 6) is -0.0242. The molecule has 0 fully saturated rings. The van der Waals surface area contributed by atoms with Crippen LogP contribution in [0.25, 0.3) is 11.1 Å². The Balaban J connectivity index is 2.09. The lowest BCUT2D eigenvalue weighted by atomic mass is 9.97. The van der Waals surface area contributed by atoms with Crippen molar-refractivity contribution in [1.29, 1.82) is 0 Å². The van der Waals surface area contributed by atoms with Crippen molar-refractivity contribution < 1.29 is 13.2 Å². The minimum absolute atomic E-state index is 0.0242. The first-order valence-corrected chi connectivity index (χ1v) is 10.7. The molecule has 136 valence electrons. The molecule has 0 N–H and O–H groups in total. The Hall–Kier alpha value is -2.11. The van der Waals surface area contributed by atoms with E-state index in [1.165, 1.54) is 6.26 Å². The van der Waals surface area contributed by atoms with Crippen LogP contribution < -0.4 is 0 Å². The van der Waals surface area contributed by atoms with Gasteiger partial charge >= 0.3 is 0 Å². The number of amides is 1. The van der Waals surface area contributed by atoms with Crippen LogP contribution in [0.5, 0.6) is 0 Å². The molecule has 1 aliphatic heterocycles. The average Bonchev–Trinajstić information content (AvgIpc) is 2.92. The van der Waals surface area contributed by atoms with Crippen molar-refractivity contribution in [2.75, 3.05) is 19.3 Å². The molecule has 4 nitrogen and oxygen atoms in total. The maximum absolute atomic E-state index is 13.0. The second-order valence-electron chi connectivity index (χ2n) is 6.38. The molecular weight excluding hydrogens is 370 g/mol. The first-order valence-electron chi connectivity index (χ1n) is 8.40. The molecule has 0 spiro atoms. The summed E-state index contributed by atoms with van der Waals surface area (Å²) >= 11 is 5.99. The number of carbonyl (C=O) groups excluding carboxylic acids is 1. The molecule has 2 aromatic carbocycles. The average molecular weight is 390 g/mol. The number of benzene rings is 2. The van der Waals surface area contributed by atoms with E-state index in [0.29, 0.717) is 23.7 Å². The van der Waals surface area contributed by atoms with E-state index in [1.54, 1.807) is 36.4 Å². The van der Waals surface area contributed by atoms with E-state index in [4.69, 9.17) is 11.6 Å². The third-order valence-electron chi connectivity index (χ3n) is 4.41. The fourth-order valence-electron chi connectivity index (χ4n) is 3.13. The van der Waals surface area contributed by atoms with Crippen molar-refractivity contribution in [3.63, 3.8) is 0 Å². The first kappa shape index (κ1) is 18.7. The van der Waals surface area contributed by atoms with Crippen LogP contribution in [-0.4, -0.2) is 38.6 Å². The lowest BCUT2D eigenvalue weighted by Crippen LogP contribution is -2.27. The van der Waals surface area contributed by atoms with E-state index in [1.807, 2.05) is 24.0 Å². The topological polar surface area (TPSA) is 54.5 Å². The highest BCUT2D eigenvalue weighted by Crippen LogP contribution is 2.35. The monoisotopic (exact) mass is 389 g/mol. The number of nitrogens with zero attached hydrogens (tertiary/aromatic N) is 1. The molecule has 3 rings (SSSR count). The maximum Gasteiger partial charge on any atom is 0.255 e. The summed E-state index contributed by atoms with van der Waals surface area (Å²) < 4.78 is 23.4. The third-order valence-corrected chi connectivity index (χ3v) is 5.79. The normalized spacial score (nSPS) is 15.0. The molecule has 0 unspecified atom stereocenters. The van der Waals surface area contributed by atoms with Crippen LogP contribution in [0.2, 0.25) is 5.02 Å². The molecule has 0 saturated carbocycles. The van der Waals surface area contributed by atoms with Gasteiger partial charge in [0.25, 0.3) is 5.91 Å². The van der Waals surface area contributed by atoms with Crippen molar-refractivity contribution in [2.24, 2.45) is 0 Å². The van der Waals surface area contributed by atoms with Gasteiger partial charge in [0.2, 0.25) is 0 Å². The zero-order valence-electron chi connectivity index (χ0n) is 14.7. The fraction of sp³-hybridized carbons (Fsp3) is 0.250. The second kappa shape index (κ2) is 7.25. The van der Waals surface area contributed by atoms with Gasteiger partial charge in [0.1, 0.15) is 0 Å². The van der Waals surface area contributed by atoms with E-state index < -0.39 is 9.84 Å². The molecule has 2 aromatic rings. The van der Waals surface area contributed by atoms with E-state index in [0.717, 1.165) is 23.1 Å². The van der Waals surface area contributed by atoms with Crippen LogP contribution in [0, 0.1) is 0 Å². The van der Waals surface area contributed by atoms with Gasteiger partial charge in [0.15, 0.2) is 9.84 Å². The van der Waals surface area contributed by atoms with Crippen molar-refractivity contribution in [2.45, 2.75) is 18.2 Å². The Kier molecular flexibility index (Phi) is 5.21. The molecule has 0 atom stereocenters. The third kappa shape index (κ3) is 3.69. The van der Waals surface area contributed by atoms with Crippen LogP contribution >= 0.6 is 11.6 Å². The smallest absolute Gasteiger partial charge is 0.255 e. The van der Waals surface area contributed by atoms with Crippen molar-refractivity contribution >= 4 is 38.5 Å². The zero-order chi connectivity index (χ0) is 18.9. The number of sulfone groups is 1. The van der Waals surface area contributed by atoms with E-state index >= 15 is 0 Å². The summed E-state index contributed by atoms with van der Waals surface area (Å²) in [6.07, 6.45) is 2.05. The molecule has 1 aliphatic rings. The summed E-state index contributed by atoms with van der Waals surface area (Å²) in [5.41, 5.74) is 3.24. The number of rotatable bonds is 5. The predicted octanol–water partition coefficient (Wildman–Crippen LogP) is 3.91. The van der Waals surface area contributed by atoms with Gasteiger partial charge in [0.05, 0.1) is 10.5 Å². The highest BCUT2D eigenvalue weighted by molar-refractivity contribution is 7.90. The van der Waals surface area contributed by atoms with Crippen molar-refractivity contribution in [1.82, 2.24) is 4.90 Å². The minimum Gasteiger partial charge on any atom is -0.334 e. The van der Waals surface area contributed by atoms with E-state index in [2.05, 4.69) is 0 Å². The Morgan fingerprint density at radius 1 is 1.00 bits per heavy atom. The van der Waals surface area contributed by atoms with Gasteiger partial charge in [-0.1, -0.05) is 42.8 Å².